The van der Waals surface area contributed by atoms with Crippen molar-refractivity contribution < 1.29 is 4.79 Å². The van der Waals surface area contributed by atoms with Gasteiger partial charge in [-0.15, -0.1) is 6.58 Å². The van der Waals surface area contributed by atoms with E-state index < -0.39 is 0 Å². The van der Waals surface area contributed by atoms with Gasteiger partial charge in [-0.2, -0.15) is 0 Å². The van der Waals surface area contributed by atoms with Crippen molar-refractivity contribution in [3.63, 3.8) is 0 Å². The van der Waals surface area contributed by atoms with Crippen molar-refractivity contribution in [1.29, 1.82) is 0 Å². The quantitative estimate of drug-likeness (QED) is 0.463. The summed E-state index contributed by atoms with van der Waals surface area (Å²) in [4.78, 5) is 11.0. The first-order valence-corrected chi connectivity index (χ1v) is 4.90. The van der Waals surface area contributed by atoms with E-state index in [1.807, 2.05) is 6.08 Å². The van der Waals surface area contributed by atoms with Gasteiger partial charge in [-0.1, -0.05) is 25.3 Å². The van der Waals surface area contributed by atoms with Gasteiger partial charge in [-0.3, -0.25) is 0 Å². The van der Waals surface area contributed by atoms with Gasteiger partial charge in [0.05, 0.1) is 0 Å². The van der Waals surface area contributed by atoms with Crippen LogP contribution in [0.4, 0.5) is 0 Å². The summed E-state index contributed by atoms with van der Waals surface area (Å²) in [6.07, 6.45) is 11.1. The fourth-order valence-corrected chi connectivity index (χ4v) is 2.07. The number of hydrogen-bond acceptors (Lipinski definition) is 1. The van der Waals surface area contributed by atoms with E-state index >= 15 is 0 Å². The van der Waals surface area contributed by atoms with Crippen LogP contribution in [0.5, 0.6) is 0 Å². The molecule has 1 aliphatic carbocycles. The number of aldehydes is 1. The molecule has 0 aromatic carbocycles. The molecule has 0 bridgehead atoms. The molecular weight excluding hydrogens is 148 g/mol. The summed E-state index contributed by atoms with van der Waals surface area (Å²) in [5.41, 5.74) is 0.0203. The van der Waals surface area contributed by atoms with Crippen LogP contribution in [0.3, 0.4) is 0 Å². The molecule has 0 heterocycles. The Morgan fingerprint density at radius 3 is 2.42 bits per heavy atom. The molecule has 0 N–H and O–H groups in total. The fourth-order valence-electron chi connectivity index (χ4n) is 2.07. The maximum absolute atomic E-state index is 11.0. The summed E-state index contributed by atoms with van der Waals surface area (Å²) in [6.45, 7) is 3.69. The van der Waals surface area contributed by atoms with Gasteiger partial charge >= 0.3 is 0 Å². The van der Waals surface area contributed by atoms with Crippen molar-refractivity contribution in [2.75, 3.05) is 0 Å². The third-order valence-electron chi connectivity index (χ3n) is 2.95. The number of carbonyl (C=O) groups excluding carboxylic acids is 1. The number of hydrogen-bond donors (Lipinski definition) is 0. The van der Waals surface area contributed by atoms with Crippen molar-refractivity contribution >= 4 is 6.29 Å². The highest BCUT2D eigenvalue weighted by Gasteiger charge is 2.30. The van der Waals surface area contributed by atoms with Gasteiger partial charge in [0.25, 0.3) is 0 Å². The molecule has 1 aliphatic rings. The molecule has 1 fully saturated rings. The zero-order valence-corrected chi connectivity index (χ0v) is 7.72. The minimum Gasteiger partial charge on any atom is -0.303 e. The molecular formula is C11H18O. The molecule has 0 unspecified atom stereocenters. The number of carbonyl (C=O) groups is 1. The van der Waals surface area contributed by atoms with Crippen LogP contribution in [-0.2, 0) is 4.79 Å². The van der Waals surface area contributed by atoms with Crippen LogP contribution < -0.4 is 0 Å². The molecule has 1 nitrogen and oxygen atoms in total. The first-order chi connectivity index (χ1) is 5.83. The van der Waals surface area contributed by atoms with E-state index in [4.69, 9.17) is 0 Å². The predicted octanol–water partition coefficient (Wildman–Crippen LogP) is 3.10. The Kier molecular flexibility index (Phi) is 3.51. The Labute approximate surface area is 74.9 Å². The first kappa shape index (κ1) is 9.50. The van der Waals surface area contributed by atoms with Gasteiger partial charge in [0.2, 0.25) is 0 Å². The summed E-state index contributed by atoms with van der Waals surface area (Å²) < 4.78 is 0. The Morgan fingerprint density at radius 2 is 1.92 bits per heavy atom. The van der Waals surface area contributed by atoms with Gasteiger partial charge in [0.1, 0.15) is 6.29 Å². The SMILES string of the molecule is C=CCCC1(C=O)CCCCC1. The lowest BCUT2D eigenvalue weighted by molar-refractivity contribution is -0.118. The van der Waals surface area contributed by atoms with Crippen LogP contribution >= 0.6 is 0 Å². The van der Waals surface area contributed by atoms with Crippen LogP contribution in [0.15, 0.2) is 12.7 Å². The lowest BCUT2D eigenvalue weighted by atomic mass is 9.72. The maximum Gasteiger partial charge on any atom is 0.126 e. The summed E-state index contributed by atoms with van der Waals surface area (Å²) in [5, 5.41) is 0. The predicted molar refractivity (Wildman–Crippen MR) is 51.0 cm³/mol. The molecule has 0 atom stereocenters. The molecule has 0 radical (unpaired) electrons. The zero-order valence-electron chi connectivity index (χ0n) is 7.72. The average Bonchev–Trinajstić information content (AvgIpc) is 2.16. The third kappa shape index (κ3) is 2.20. The van der Waals surface area contributed by atoms with Gasteiger partial charge in [-0.25, -0.2) is 0 Å². The van der Waals surface area contributed by atoms with Crippen molar-refractivity contribution in [2.24, 2.45) is 5.41 Å². The standard InChI is InChI=1S/C11H18O/c1-2-3-7-11(10-12)8-5-4-6-9-11/h2,10H,1,3-9H2. The van der Waals surface area contributed by atoms with E-state index in [1.165, 1.54) is 25.5 Å². The van der Waals surface area contributed by atoms with Gasteiger partial charge in [0, 0.05) is 5.41 Å². The first-order valence-electron chi connectivity index (χ1n) is 4.90. The second-order valence-corrected chi connectivity index (χ2v) is 3.87. The van der Waals surface area contributed by atoms with Crippen LogP contribution in [0.25, 0.3) is 0 Å². The van der Waals surface area contributed by atoms with Crippen LogP contribution in [0, 0.1) is 5.41 Å². The third-order valence-corrected chi connectivity index (χ3v) is 2.95. The highest BCUT2D eigenvalue weighted by atomic mass is 16.1. The van der Waals surface area contributed by atoms with E-state index in [2.05, 4.69) is 6.58 Å². The molecule has 12 heavy (non-hydrogen) atoms. The van der Waals surface area contributed by atoms with Crippen molar-refractivity contribution in [1.82, 2.24) is 0 Å². The molecule has 0 saturated heterocycles. The molecule has 0 aliphatic heterocycles. The van der Waals surface area contributed by atoms with Crippen molar-refractivity contribution in [3.05, 3.63) is 12.7 Å². The molecule has 0 aromatic rings. The smallest absolute Gasteiger partial charge is 0.126 e. The topological polar surface area (TPSA) is 17.1 Å². The zero-order chi connectivity index (χ0) is 8.86. The van der Waals surface area contributed by atoms with Crippen molar-refractivity contribution in [2.45, 2.75) is 44.9 Å². The fraction of sp³-hybridized carbons (Fsp3) is 0.727. The maximum atomic E-state index is 11.0. The Bertz CT molecular complexity index is 154. The Hall–Kier alpha value is -0.590. The molecule has 0 aromatic heterocycles. The minimum absolute atomic E-state index is 0.0203. The van der Waals surface area contributed by atoms with E-state index in [-0.39, 0.29) is 5.41 Å². The number of rotatable bonds is 4. The summed E-state index contributed by atoms with van der Waals surface area (Å²) in [6, 6.07) is 0. The largest absolute Gasteiger partial charge is 0.303 e. The van der Waals surface area contributed by atoms with E-state index in [0.717, 1.165) is 25.7 Å². The molecule has 68 valence electrons. The second kappa shape index (κ2) is 4.44. The van der Waals surface area contributed by atoms with E-state index in [0.29, 0.717) is 0 Å². The molecule has 1 heteroatoms. The van der Waals surface area contributed by atoms with Crippen LogP contribution in [0.1, 0.15) is 44.9 Å². The van der Waals surface area contributed by atoms with Crippen LogP contribution in [0.2, 0.25) is 0 Å². The Morgan fingerprint density at radius 1 is 1.25 bits per heavy atom. The lowest BCUT2D eigenvalue weighted by Crippen LogP contribution is -2.25. The molecule has 1 rings (SSSR count). The average molecular weight is 166 g/mol. The van der Waals surface area contributed by atoms with E-state index in [9.17, 15) is 4.79 Å². The second-order valence-electron chi connectivity index (χ2n) is 3.87. The summed E-state index contributed by atoms with van der Waals surface area (Å²) in [7, 11) is 0. The van der Waals surface area contributed by atoms with E-state index in [1.54, 1.807) is 0 Å². The minimum atomic E-state index is 0.0203. The van der Waals surface area contributed by atoms with Gasteiger partial charge in [-0.05, 0) is 25.7 Å². The lowest BCUT2D eigenvalue weighted by Gasteiger charge is -2.31. The highest BCUT2D eigenvalue weighted by Crippen LogP contribution is 2.38. The van der Waals surface area contributed by atoms with Gasteiger partial charge in [0.15, 0.2) is 0 Å². The monoisotopic (exact) mass is 166 g/mol. The van der Waals surface area contributed by atoms with Crippen LogP contribution in [-0.4, -0.2) is 6.29 Å². The normalized spacial score (nSPS) is 21.7. The highest BCUT2D eigenvalue weighted by molar-refractivity contribution is 5.59. The van der Waals surface area contributed by atoms with Crippen molar-refractivity contribution in [3.8, 4) is 0 Å². The Balaban J connectivity index is 2.47. The summed E-state index contributed by atoms with van der Waals surface area (Å²) in [5.74, 6) is 0. The van der Waals surface area contributed by atoms with Gasteiger partial charge < -0.3 is 4.79 Å². The summed E-state index contributed by atoms with van der Waals surface area (Å²) >= 11 is 0. The number of allylic oxidation sites excluding steroid dienone is 1. The molecule has 0 spiro atoms. The molecule has 1 saturated carbocycles. The molecule has 0 amide bonds.